The Morgan fingerprint density at radius 3 is 2.45 bits per heavy atom. The Morgan fingerprint density at radius 2 is 1.74 bits per heavy atom. The number of H-pyrrole nitrogens is 1. The molecule has 1 aliphatic rings. The van der Waals surface area contributed by atoms with Crippen LogP contribution < -0.4 is 19.5 Å². The summed E-state index contributed by atoms with van der Waals surface area (Å²) < 4.78 is 41.0. The van der Waals surface area contributed by atoms with Gasteiger partial charge in [-0.05, 0) is 55.7 Å². The topological polar surface area (TPSA) is 122 Å². The minimum Gasteiger partial charge on any atom is -0.493 e. The van der Waals surface area contributed by atoms with Gasteiger partial charge in [0.1, 0.15) is 5.54 Å². The van der Waals surface area contributed by atoms with Crippen molar-refractivity contribution in [3.05, 3.63) is 84.3 Å². The number of benzene rings is 2. The molecule has 0 unspecified atom stereocenters. The number of fused-ring (bicyclic) bond motifs is 1. The van der Waals surface area contributed by atoms with Crippen molar-refractivity contribution in [2.24, 2.45) is 0 Å². The number of rotatable bonds is 11. The number of sulfonamides is 1. The second kappa shape index (κ2) is 12.1. The van der Waals surface area contributed by atoms with Crippen LogP contribution in [0.25, 0.3) is 10.9 Å². The molecule has 1 atom stereocenters. The van der Waals surface area contributed by atoms with Crippen molar-refractivity contribution in [1.82, 2.24) is 20.0 Å². The number of carbonyl (C=O) groups excluding carboxylic acids is 1. The molecule has 9 nitrogen and oxygen atoms in total. The van der Waals surface area contributed by atoms with Crippen molar-refractivity contribution < 1.29 is 22.7 Å². The standard InChI is InChI=1S/C32H38N4O5S/c1-31(20-23-21-34-26-12-6-5-11-25(23)26,36-42(38,39)24-14-15-27(40-2)28(19-24)41-3)30(37)35-22-32(16-8-4-9-17-32)29-13-7-10-18-33-29/h5-7,10-15,18-19,21,34,36H,4,8-9,16-17,20,22H2,1-3H3,(H,35,37)/t31-/m0/s1. The number of aromatic nitrogens is 2. The third-order valence-electron chi connectivity index (χ3n) is 8.35. The molecule has 2 aromatic carbocycles. The van der Waals surface area contributed by atoms with Gasteiger partial charge in [-0.15, -0.1) is 0 Å². The van der Waals surface area contributed by atoms with E-state index in [1.807, 2.05) is 48.7 Å². The van der Waals surface area contributed by atoms with E-state index in [1.165, 1.54) is 32.4 Å². The third-order valence-corrected chi connectivity index (χ3v) is 9.95. The van der Waals surface area contributed by atoms with Crippen LogP contribution in [-0.2, 0) is 26.7 Å². The molecular weight excluding hydrogens is 552 g/mol. The fraction of sp³-hybridized carbons (Fsp3) is 0.375. The van der Waals surface area contributed by atoms with Crippen molar-refractivity contribution in [3.8, 4) is 11.5 Å². The number of ether oxygens (including phenoxy) is 2. The van der Waals surface area contributed by atoms with Gasteiger partial charge in [0, 0.05) is 53.4 Å². The molecule has 2 heterocycles. The minimum atomic E-state index is -4.16. The molecule has 10 heteroatoms. The molecule has 3 N–H and O–H groups in total. The lowest BCUT2D eigenvalue weighted by Crippen LogP contribution is -2.59. The number of carbonyl (C=O) groups is 1. The van der Waals surface area contributed by atoms with E-state index in [0.29, 0.717) is 12.3 Å². The lowest BCUT2D eigenvalue weighted by atomic mass is 9.71. The highest BCUT2D eigenvalue weighted by molar-refractivity contribution is 7.89. The quantitative estimate of drug-likeness (QED) is 0.229. The van der Waals surface area contributed by atoms with Crippen LogP contribution in [0.2, 0.25) is 0 Å². The van der Waals surface area contributed by atoms with Crippen molar-refractivity contribution in [2.75, 3.05) is 20.8 Å². The number of hydrogen-bond acceptors (Lipinski definition) is 6. The van der Waals surface area contributed by atoms with Gasteiger partial charge in [0.05, 0.1) is 19.1 Å². The first-order valence-electron chi connectivity index (χ1n) is 14.2. The van der Waals surface area contributed by atoms with Crippen LogP contribution in [0.4, 0.5) is 0 Å². The molecule has 4 aromatic rings. The number of amides is 1. The van der Waals surface area contributed by atoms with E-state index >= 15 is 0 Å². The molecule has 42 heavy (non-hydrogen) atoms. The van der Waals surface area contributed by atoms with Crippen LogP contribution >= 0.6 is 0 Å². The van der Waals surface area contributed by atoms with Gasteiger partial charge in [0.15, 0.2) is 11.5 Å². The van der Waals surface area contributed by atoms with Crippen LogP contribution in [0.5, 0.6) is 11.5 Å². The maximum Gasteiger partial charge on any atom is 0.241 e. The van der Waals surface area contributed by atoms with E-state index in [-0.39, 0.29) is 22.5 Å². The molecule has 0 saturated heterocycles. The van der Waals surface area contributed by atoms with Crippen LogP contribution in [0.15, 0.2) is 78.0 Å². The van der Waals surface area contributed by atoms with Gasteiger partial charge in [-0.25, -0.2) is 8.42 Å². The van der Waals surface area contributed by atoms with Gasteiger partial charge in [-0.3, -0.25) is 9.78 Å². The number of nitrogens with zero attached hydrogens (tertiary/aromatic N) is 1. The molecule has 0 radical (unpaired) electrons. The summed E-state index contributed by atoms with van der Waals surface area (Å²) in [6.45, 7) is 2.00. The average molecular weight is 591 g/mol. The first-order valence-corrected chi connectivity index (χ1v) is 15.7. The van der Waals surface area contributed by atoms with E-state index in [1.54, 1.807) is 13.1 Å². The molecule has 5 rings (SSSR count). The summed E-state index contributed by atoms with van der Waals surface area (Å²) in [5, 5.41) is 4.08. The second-order valence-electron chi connectivity index (χ2n) is 11.2. The predicted molar refractivity (Wildman–Crippen MR) is 162 cm³/mol. The second-order valence-corrected chi connectivity index (χ2v) is 12.9. The summed E-state index contributed by atoms with van der Waals surface area (Å²) in [4.78, 5) is 22.0. The first kappa shape index (κ1) is 29.6. The minimum absolute atomic E-state index is 0.0321. The smallest absolute Gasteiger partial charge is 0.241 e. The Bertz CT molecular complexity index is 1650. The van der Waals surface area contributed by atoms with Crippen LogP contribution in [0, 0.1) is 0 Å². The highest BCUT2D eigenvalue weighted by Gasteiger charge is 2.41. The zero-order valence-electron chi connectivity index (χ0n) is 24.3. The monoisotopic (exact) mass is 590 g/mol. The SMILES string of the molecule is COc1ccc(S(=O)(=O)N[C@@](C)(Cc2c[nH]c3ccccc23)C(=O)NCC2(c3ccccn3)CCCCC2)cc1OC. The molecule has 222 valence electrons. The number of aromatic amines is 1. The summed E-state index contributed by atoms with van der Waals surface area (Å²) >= 11 is 0. The molecule has 1 saturated carbocycles. The fourth-order valence-corrected chi connectivity index (χ4v) is 7.42. The van der Waals surface area contributed by atoms with E-state index in [4.69, 9.17) is 9.47 Å². The summed E-state index contributed by atoms with van der Waals surface area (Å²) in [5.74, 6) is 0.276. The highest BCUT2D eigenvalue weighted by Crippen LogP contribution is 2.38. The fourth-order valence-electron chi connectivity index (χ4n) is 6.03. The van der Waals surface area contributed by atoms with E-state index in [0.717, 1.165) is 54.3 Å². The number of methoxy groups -OCH3 is 2. The van der Waals surface area contributed by atoms with E-state index in [9.17, 15) is 13.2 Å². The molecule has 1 aliphatic carbocycles. The van der Waals surface area contributed by atoms with E-state index < -0.39 is 21.5 Å². The summed E-state index contributed by atoms with van der Waals surface area (Å²) in [6, 6.07) is 18.0. The Kier molecular flexibility index (Phi) is 8.56. The Labute approximate surface area is 247 Å². The zero-order valence-corrected chi connectivity index (χ0v) is 25.1. The van der Waals surface area contributed by atoms with Gasteiger partial charge in [0.25, 0.3) is 0 Å². The van der Waals surface area contributed by atoms with Gasteiger partial charge < -0.3 is 19.8 Å². The van der Waals surface area contributed by atoms with E-state index in [2.05, 4.69) is 20.0 Å². The maximum absolute atomic E-state index is 14.2. The van der Waals surface area contributed by atoms with Crippen molar-refractivity contribution in [1.29, 1.82) is 0 Å². The number of hydrogen-bond donors (Lipinski definition) is 3. The van der Waals surface area contributed by atoms with Crippen molar-refractivity contribution >= 4 is 26.8 Å². The number of pyridine rings is 1. The maximum atomic E-state index is 14.2. The lowest BCUT2D eigenvalue weighted by Gasteiger charge is -2.38. The van der Waals surface area contributed by atoms with Gasteiger partial charge >= 0.3 is 0 Å². The molecule has 0 spiro atoms. The summed E-state index contributed by atoms with van der Waals surface area (Å²) in [5.41, 5.74) is 0.870. The predicted octanol–water partition coefficient (Wildman–Crippen LogP) is 4.88. The van der Waals surface area contributed by atoms with Gasteiger partial charge in [-0.2, -0.15) is 4.72 Å². The molecule has 1 amide bonds. The number of nitrogens with one attached hydrogen (secondary N) is 3. The molecule has 1 fully saturated rings. The normalized spacial score (nSPS) is 16.5. The van der Waals surface area contributed by atoms with Crippen molar-refractivity contribution in [3.63, 3.8) is 0 Å². The Hall–Kier alpha value is -3.89. The average Bonchev–Trinajstić information content (AvgIpc) is 3.42. The molecule has 0 bridgehead atoms. The Balaban J connectivity index is 1.48. The van der Waals surface area contributed by atoms with Crippen LogP contribution in [0.1, 0.15) is 50.3 Å². The van der Waals surface area contributed by atoms with Gasteiger partial charge in [-0.1, -0.05) is 43.5 Å². The van der Waals surface area contributed by atoms with Gasteiger partial charge in [0.2, 0.25) is 15.9 Å². The number of para-hydroxylation sites is 1. The lowest BCUT2D eigenvalue weighted by molar-refractivity contribution is -0.126. The highest BCUT2D eigenvalue weighted by atomic mass is 32.2. The third kappa shape index (κ3) is 6.00. The van der Waals surface area contributed by atoms with Crippen LogP contribution in [0.3, 0.4) is 0 Å². The van der Waals surface area contributed by atoms with Crippen LogP contribution in [-0.4, -0.2) is 50.6 Å². The molecule has 2 aromatic heterocycles. The summed E-state index contributed by atoms with van der Waals surface area (Å²) in [6.07, 6.45) is 8.79. The van der Waals surface area contributed by atoms with Crippen molar-refractivity contribution in [2.45, 2.75) is 61.3 Å². The molecular formula is C32H38N4O5S. The Morgan fingerprint density at radius 1 is 1.00 bits per heavy atom. The first-order chi connectivity index (χ1) is 20.2. The summed E-state index contributed by atoms with van der Waals surface area (Å²) in [7, 11) is -1.23. The molecule has 0 aliphatic heterocycles. The zero-order chi connectivity index (χ0) is 29.8. The largest absolute Gasteiger partial charge is 0.493 e.